The van der Waals surface area contributed by atoms with Crippen LogP contribution in [0.3, 0.4) is 0 Å². The van der Waals surface area contributed by atoms with E-state index >= 15 is 0 Å². The summed E-state index contributed by atoms with van der Waals surface area (Å²) in [6.07, 6.45) is 0.980. The number of carbonyl (C=O) groups is 1. The molecule has 2 atom stereocenters. The molecule has 17 heavy (non-hydrogen) atoms. The second kappa shape index (κ2) is 4.69. The lowest BCUT2D eigenvalue weighted by Crippen LogP contribution is -2.34. The van der Waals surface area contributed by atoms with Gasteiger partial charge in [-0.1, -0.05) is 6.92 Å². The van der Waals surface area contributed by atoms with E-state index in [2.05, 4.69) is 19.6 Å². The summed E-state index contributed by atoms with van der Waals surface area (Å²) >= 11 is 4.14. The molecule has 1 fully saturated rings. The van der Waals surface area contributed by atoms with Crippen molar-refractivity contribution in [1.82, 2.24) is 4.90 Å². The van der Waals surface area contributed by atoms with Gasteiger partial charge < -0.3 is 4.90 Å². The van der Waals surface area contributed by atoms with Gasteiger partial charge in [0.2, 0.25) is 0 Å². The van der Waals surface area contributed by atoms with Crippen LogP contribution in [0.25, 0.3) is 0 Å². The number of likely N-dealkylation sites (tertiary alicyclic amines) is 1. The van der Waals surface area contributed by atoms with E-state index in [4.69, 9.17) is 0 Å². The molecule has 0 aromatic heterocycles. The van der Waals surface area contributed by atoms with Crippen molar-refractivity contribution in [2.24, 2.45) is 5.92 Å². The quantitative estimate of drug-likeness (QED) is 0.763. The minimum Gasteiger partial charge on any atom is -0.336 e. The Morgan fingerprint density at radius 1 is 1.47 bits per heavy atom. The molecule has 1 aliphatic heterocycles. The van der Waals surface area contributed by atoms with Gasteiger partial charge in [-0.2, -0.15) is 0 Å². The van der Waals surface area contributed by atoms with E-state index in [9.17, 15) is 9.18 Å². The first-order chi connectivity index (χ1) is 7.99. The Hall–Kier alpha value is -1.03. The molecule has 1 heterocycles. The van der Waals surface area contributed by atoms with Crippen molar-refractivity contribution in [3.05, 3.63) is 29.6 Å². The van der Waals surface area contributed by atoms with Gasteiger partial charge in [0.1, 0.15) is 5.82 Å². The third kappa shape index (κ3) is 2.46. The first-order valence-electron chi connectivity index (χ1n) is 5.78. The smallest absolute Gasteiger partial charge is 0.257 e. The molecule has 0 bridgehead atoms. The van der Waals surface area contributed by atoms with E-state index in [-0.39, 0.29) is 17.5 Å². The fourth-order valence-corrected chi connectivity index (χ4v) is 2.62. The van der Waals surface area contributed by atoms with Crippen LogP contribution in [0.1, 0.15) is 30.6 Å². The van der Waals surface area contributed by atoms with Gasteiger partial charge in [-0.15, -0.1) is 12.6 Å². The van der Waals surface area contributed by atoms with E-state index in [1.54, 1.807) is 11.0 Å². The first kappa shape index (κ1) is 12.4. The number of carbonyl (C=O) groups excluding carboxylic acids is 1. The summed E-state index contributed by atoms with van der Waals surface area (Å²) in [6, 6.07) is 4.52. The van der Waals surface area contributed by atoms with Crippen molar-refractivity contribution in [2.75, 3.05) is 6.54 Å². The third-order valence-electron chi connectivity index (χ3n) is 3.23. The largest absolute Gasteiger partial charge is 0.336 e. The number of halogens is 1. The van der Waals surface area contributed by atoms with Crippen LogP contribution in [0.4, 0.5) is 4.39 Å². The maximum Gasteiger partial charge on any atom is 0.257 e. The standard InChI is InChI=1S/C13H16FNOS/c1-8-5-9(2)15(7-8)13(16)11-6-10(17)3-4-12(11)14/h3-4,6,8-9,17H,5,7H2,1-2H3. The number of benzene rings is 1. The molecule has 0 spiro atoms. The zero-order valence-electron chi connectivity index (χ0n) is 9.98. The summed E-state index contributed by atoms with van der Waals surface area (Å²) in [5.41, 5.74) is 0.124. The number of hydrogen-bond donors (Lipinski definition) is 1. The molecular weight excluding hydrogens is 237 g/mol. The normalized spacial score (nSPS) is 24.1. The molecule has 1 aromatic carbocycles. The monoisotopic (exact) mass is 253 g/mol. The van der Waals surface area contributed by atoms with Crippen molar-refractivity contribution in [3.63, 3.8) is 0 Å². The van der Waals surface area contributed by atoms with Crippen molar-refractivity contribution in [3.8, 4) is 0 Å². The Bertz CT molecular complexity index is 449. The topological polar surface area (TPSA) is 20.3 Å². The minimum atomic E-state index is -0.473. The van der Waals surface area contributed by atoms with E-state index in [0.717, 1.165) is 6.42 Å². The summed E-state index contributed by atoms with van der Waals surface area (Å²) in [5.74, 6) is -0.217. The van der Waals surface area contributed by atoms with Gasteiger partial charge in [0.05, 0.1) is 5.56 Å². The number of amides is 1. The van der Waals surface area contributed by atoms with Crippen LogP contribution in [0.15, 0.2) is 23.1 Å². The van der Waals surface area contributed by atoms with Gasteiger partial charge >= 0.3 is 0 Å². The SMILES string of the molecule is CC1CC(C)N(C(=O)c2cc(S)ccc2F)C1. The summed E-state index contributed by atoms with van der Waals surface area (Å²) in [7, 11) is 0. The van der Waals surface area contributed by atoms with Gasteiger partial charge in [-0.25, -0.2) is 4.39 Å². The van der Waals surface area contributed by atoms with Gasteiger partial charge in [0.25, 0.3) is 5.91 Å². The second-order valence-corrected chi connectivity index (χ2v) is 5.33. The number of nitrogens with zero attached hydrogens (tertiary/aromatic N) is 1. The highest BCUT2D eigenvalue weighted by Gasteiger charge is 2.31. The van der Waals surface area contributed by atoms with Gasteiger partial charge in [0, 0.05) is 17.5 Å². The molecule has 1 aromatic rings. The van der Waals surface area contributed by atoms with Gasteiger partial charge in [-0.3, -0.25) is 4.79 Å². The molecule has 2 rings (SSSR count). The molecule has 0 N–H and O–H groups in total. The molecule has 92 valence electrons. The highest BCUT2D eigenvalue weighted by atomic mass is 32.1. The predicted molar refractivity (Wildman–Crippen MR) is 67.9 cm³/mol. The first-order valence-corrected chi connectivity index (χ1v) is 6.23. The van der Waals surface area contributed by atoms with Crippen LogP contribution in [0.2, 0.25) is 0 Å². The van der Waals surface area contributed by atoms with Crippen molar-refractivity contribution < 1.29 is 9.18 Å². The molecule has 0 aliphatic carbocycles. The predicted octanol–water partition coefficient (Wildman–Crippen LogP) is 2.98. The van der Waals surface area contributed by atoms with Gasteiger partial charge in [0.15, 0.2) is 0 Å². The molecule has 2 nitrogen and oxygen atoms in total. The van der Waals surface area contributed by atoms with Gasteiger partial charge in [-0.05, 0) is 37.5 Å². The van der Waals surface area contributed by atoms with Crippen LogP contribution in [0, 0.1) is 11.7 Å². The maximum absolute atomic E-state index is 13.6. The molecule has 2 unspecified atom stereocenters. The lowest BCUT2D eigenvalue weighted by molar-refractivity contribution is 0.0738. The van der Waals surface area contributed by atoms with E-state index in [1.165, 1.54) is 12.1 Å². The lowest BCUT2D eigenvalue weighted by atomic mass is 10.1. The summed E-state index contributed by atoms with van der Waals surface area (Å²) < 4.78 is 13.6. The van der Waals surface area contributed by atoms with Crippen molar-refractivity contribution in [2.45, 2.75) is 31.2 Å². The lowest BCUT2D eigenvalue weighted by Gasteiger charge is -2.21. The number of rotatable bonds is 1. The van der Waals surface area contributed by atoms with Crippen molar-refractivity contribution in [1.29, 1.82) is 0 Å². The molecule has 4 heteroatoms. The minimum absolute atomic E-state index is 0.124. The number of hydrogen-bond acceptors (Lipinski definition) is 2. The average molecular weight is 253 g/mol. The van der Waals surface area contributed by atoms with E-state index < -0.39 is 5.82 Å². The summed E-state index contributed by atoms with van der Waals surface area (Å²) in [6.45, 7) is 4.81. The Morgan fingerprint density at radius 3 is 2.76 bits per heavy atom. The molecule has 0 saturated carbocycles. The van der Waals surface area contributed by atoms with Crippen LogP contribution in [0.5, 0.6) is 0 Å². The summed E-state index contributed by atoms with van der Waals surface area (Å²) in [4.78, 5) is 14.6. The van der Waals surface area contributed by atoms with Crippen LogP contribution in [-0.2, 0) is 0 Å². The Balaban J connectivity index is 2.28. The van der Waals surface area contributed by atoms with Crippen LogP contribution < -0.4 is 0 Å². The highest BCUT2D eigenvalue weighted by Crippen LogP contribution is 2.25. The zero-order chi connectivity index (χ0) is 12.6. The Labute approximate surface area is 106 Å². The molecule has 1 saturated heterocycles. The molecular formula is C13H16FNOS. The maximum atomic E-state index is 13.6. The fourth-order valence-electron chi connectivity index (χ4n) is 2.41. The van der Waals surface area contributed by atoms with Crippen LogP contribution in [-0.4, -0.2) is 23.4 Å². The molecule has 1 aliphatic rings. The van der Waals surface area contributed by atoms with Crippen LogP contribution >= 0.6 is 12.6 Å². The highest BCUT2D eigenvalue weighted by molar-refractivity contribution is 7.80. The fraction of sp³-hybridized carbons (Fsp3) is 0.462. The number of thiol groups is 1. The Kier molecular flexibility index (Phi) is 3.43. The Morgan fingerprint density at radius 2 is 2.18 bits per heavy atom. The summed E-state index contributed by atoms with van der Waals surface area (Å²) in [5, 5.41) is 0. The molecule has 0 radical (unpaired) electrons. The van der Waals surface area contributed by atoms with E-state index in [0.29, 0.717) is 17.4 Å². The van der Waals surface area contributed by atoms with E-state index in [1.807, 2.05) is 6.92 Å². The third-order valence-corrected chi connectivity index (χ3v) is 3.50. The average Bonchev–Trinajstić information content (AvgIpc) is 2.60. The molecule has 1 amide bonds. The second-order valence-electron chi connectivity index (χ2n) is 4.81. The van der Waals surface area contributed by atoms with Crippen molar-refractivity contribution >= 4 is 18.5 Å². The zero-order valence-corrected chi connectivity index (χ0v) is 10.9.